The number of aryl methyl sites for hydroxylation is 1. The van der Waals surface area contributed by atoms with Gasteiger partial charge >= 0.3 is 7.12 Å². The minimum absolute atomic E-state index is 0.313. The van der Waals surface area contributed by atoms with Crippen LogP contribution in [0.5, 0.6) is 0 Å². The molecule has 0 N–H and O–H groups in total. The normalized spacial score (nSPS) is 18.0. The zero-order valence-electron chi connectivity index (χ0n) is 17.5. The number of unbranched alkanes of at least 4 members (excludes halogenated alkanes) is 3. The van der Waals surface area contributed by atoms with Gasteiger partial charge in [-0.05, 0) is 62.7 Å². The third-order valence-electron chi connectivity index (χ3n) is 5.99. The van der Waals surface area contributed by atoms with E-state index >= 15 is 0 Å². The van der Waals surface area contributed by atoms with Crippen LogP contribution in [0.2, 0.25) is 0 Å². The van der Waals surface area contributed by atoms with Crippen LogP contribution in [0.15, 0.2) is 48.5 Å². The summed E-state index contributed by atoms with van der Waals surface area (Å²) in [5.74, 6) is 0. The summed E-state index contributed by atoms with van der Waals surface area (Å²) in [7, 11) is -0.313. The first-order chi connectivity index (χ1) is 12.8. The second-order valence-electron chi connectivity index (χ2n) is 8.72. The highest BCUT2D eigenvalue weighted by atomic mass is 16.7. The van der Waals surface area contributed by atoms with Gasteiger partial charge in [0.25, 0.3) is 0 Å². The molecule has 0 spiro atoms. The second kappa shape index (κ2) is 8.20. The van der Waals surface area contributed by atoms with Crippen molar-refractivity contribution in [3.63, 3.8) is 0 Å². The van der Waals surface area contributed by atoms with Crippen LogP contribution in [0, 0.1) is 0 Å². The molecule has 2 aromatic rings. The SMILES string of the molecule is CCCCCCc1cccc(-c2cccc(B3OC(C)(C)C(C)(C)O3)c2)c1. The van der Waals surface area contributed by atoms with E-state index in [1.807, 2.05) is 0 Å². The summed E-state index contributed by atoms with van der Waals surface area (Å²) < 4.78 is 12.4. The molecule has 0 radical (unpaired) electrons. The molecule has 0 aliphatic carbocycles. The minimum atomic E-state index is -0.313. The van der Waals surface area contributed by atoms with Crippen molar-refractivity contribution in [2.75, 3.05) is 0 Å². The summed E-state index contributed by atoms with van der Waals surface area (Å²) in [6, 6.07) is 17.5. The zero-order valence-corrected chi connectivity index (χ0v) is 17.5. The molecule has 0 amide bonds. The van der Waals surface area contributed by atoms with Gasteiger partial charge in [-0.2, -0.15) is 0 Å². The highest BCUT2D eigenvalue weighted by Gasteiger charge is 2.51. The van der Waals surface area contributed by atoms with Crippen molar-refractivity contribution in [2.24, 2.45) is 0 Å². The summed E-state index contributed by atoms with van der Waals surface area (Å²) in [6.45, 7) is 10.6. The number of hydrogen-bond donors (Lipinski definition) is 0. The first kappa shape index (κ1) is 20.2. The third kappa shape index (κ3) is 4.64. The average molecular weight is 364 g/mol. The quantitative estimate of drug-likeness (QED) is 0.458. The molecule has 0 saturated carbocycles. The number of rotatable bonds is 7. The van der Waals surface area contributed by atoms with Crippen molar-refractivity contribution in [3.8, 4) is 11.1 Å². The van der Waals surface area contributed by atoms with Crippen LogP contribution in [0.1, 0.15) is 65.9 Å². The van der Waals surface area contributed by atoms with E-state index in [0.29, 0.717) is 0 Å². The van der Waals surface area contributed by atoms with Gasteiger partial charge in [-0.3, -0.25) is 0 Å². The van der Waals surface area contributed by atoms with Gasteiger partial charge in [0.2, 0.25) is 0 Å². The van der Waals surface area contributed by atoms with Crippen molar-refractivity contribution in [1.29, 1.82) is 0 Å². The number of hydrogen-bond acceptors (Lipinski definition) is 2. The first-order valence-corrected chi connectivity index (χ1v) is 10.4. The third-order valence-corrected chi connectivity index (χ3v) is 5.99. The van der Waals surface area contributed by atoms with Crippen LogP contribution in [-0.4, -0.2) is 18.3 Å². The van der Waals surface area contributed by atoms with Crippen LogP contribution >= 0.6 is 0 Å². The monoisotopic (exact) mass is 364 g/mol. The summed E-state index contributed by atoms with van der Waals surface area (Å²) >= 11 is 0. The van der Waals surface area contributed by atoms with Gasteiger partial charge in [0.15, 0.2) is 0 Å². The van der Waals surface area contributed by atoms with E-state index in [4.69, 9.17) is 9.31 Å². The fraction of sp³-hybridized carbons (Fsp3) is 0.500. The van der Waals surface area contributed by atoms with Crippen LogP contribution < -0.4 is 5.46 Å². The smallest absolute Gasteiger partial charge is 0.399 e. The van der Waals surface area contributed by atoms with Crippen molar-refractivity contribution in [1.82, 2.24) is 0 Å². The van der Waals surface area contributed by atoms with Crippen LogP contribution in [-0.2, 0) is 15.7 Å². The van der Waals surface area contributed by atoms with Crippen LogP contribution in [0.3, 0.4) is 0 Å². The molecule has 1 heterocycles. The van der Waals surface area contributed by atoms with E-state index < -0.39 is 0 Å². The molecule has 27 heavy (non-hydrogen) atoms. The lowest BCUT2D eigenvalue weighted by molar-refractivity contribution is 0.00578. The molecular formula is C24H33BO2. The average Bonchev–Trinajstić information content (AvgIpc) is 2.87. The molecule has 0 bridgehead atoms. The van der Waals surface area contributed by atoms with Gasteiger partial charge in [-0.25, -0.2) is 0 Å². The van der Waals surface area contributed by atoms with Gasteiger partial charge in [0.05, 0.1) is 11.2 Å². The van der Waals surface area contributed by atoms with Gasteiger partial charge in [-0.15, -0.1) is 0 Å². The maximum absolute atomic E-state index is 6.22. The summed E-state index contributed by atoms with van der Waals surface area (Å²) in [4.78, 5) is 0. The largest absolute Gasteiger partial charge is 0.494 e. The molecule has 0 atom stereocenters. The maximum atomic E-state index is 6.22. The van der Waals surface area contributed by atoms with E-state index in [0.717, 1.165) is 11.9 Å². The molecule has 1 fully saturated rings. The van der Waals surface area contributed by atoms with Gasteiger partial charge in [-0.1, -0.05) is 74.7 Å². The molecule has 2 nitrogen and oxygen atoms in total. The second-order valence-corrected chi connectivity index (χ2v) is 8.72. The predicted molar refractivity (Wildman–Crippen MR) is 115 cm³/mol. The molecule has 2 aromatic carbocycles. The Balaban J connectivity index is 1.76. The fourth-order valence-electron chi connectivity index (χ4n) is 3.51. The molecule has 0 aromatic heterocycles. The summed E-state index contributed by atoms with van der Waals surface area (Å²) in [5.41, 5.74) is 4.36. The van der Waals surface area contributed by atoms with Gasteiger partial charge < -0.3 is 9.31 Å². The van der Waals surface area contributed by atoms with E-state index in [-0.39, 0.29) is 18.3 Å². The van der Waals surface area contributed by atoms with Crippen molar-refractivity contribution < 1.29 is 9.31 Å². The Bertz CT molecular complexity index is 750. The highest BCUT2D eigenvalue weighted by Crippen LogP contribution is 2.36. The minimum Gasteiger partial charge on any atom is -0.399 e. The molecule has 3 rings (SSSR count). The molecule has 1 aliphatic rings. The Morgan fingerprint density at radius 2 is 1.41 bits per heavy atom. The maximum Gasteiger partial charge on any atom is 0.494 e. The van der Waals surface area contributed by atoms with E-state index in [2.05, 4.69) is 83.1 Å². The van der Waals surface area contributed by atoms with E-state index in [9.17, 15) is 0 Å². The molecule has 1 aliphatic heterocycles. The topological polar surface area (TPSA) is 18.5 Å². The molecule has 144 valence electrons. The Kier molecular flexibility index (Phi) is 6.13. The Morgan fingerprint density at radius 3 is 2.07 bits per heavy atom. The summed E-state index contributed by atoms with van der Waals surface area (Å²) in [5, 5.41) is 0. The molecular weight excluding hydrogens is 331 g/mol. The van der Waals surface area contributed by atoms with Gasteiger partial charge in [0, 0.05) is 0 Å². The number of benzene rings is 2. The predicted octanol–water partition coefficient (Wildman–Crippen LogP) is 5.78. The Labute approximate surface area is 165 Å². The first-order valence-electron chi connectivity index (χ1n) is 10.4. The lowest BCUT2D eigenvalue weighted by Crippen LogP contribution is -2.41. The van der Waals surface area contributed by atoms with Crippen molar-refractivity contribution in [2.45, 2.75) is 77.9 Å². The lowest BCUT2D eigenvalue weighted by Gasteiger charge is -2.32. The van der Waals surface area contributed by atoms with E-state index in [1.54, 1.807) is 0 Å². The molecule has 3 heteroatoms. The molecule has 0 unspecified atom stereocenters. The summed E-state index contributed by atoms with van der Waals surface area (Å²) in [6.07, 6.45) is 6.36. The van der Waals surface area contributed by atoms with E-state index in [1.165, 1.54) is 42.4 Å². The zero-order chi connectivity index (χ0) is 19.5. The standard InChI is InChI=1S/C24H33BO2/c1-6-7-8-9-12-19-13-10-14-20(17-19)21-15-11-16-22(18-21)25-26-23(2,3)24(4,5)27-25/h10-11,13-18H,6-9,12H2,1-5H3. The Morgan fingerprint density at radius 1 is 0.778 bits per heavy atom. The van der Waals surface area contributed by atoms with Crippen LogP contribution in [0.4, 0.5) is 0 Å². The Hall–Kier alpha value is -1.58. The van der Waals surface area contributed by atoms with Crippen molar-refractivity contribution >= 4 is 12.6 Å². The lowest BCUT2D eigenvalue weighted by atomic mass is 9.78. The van der Waals surface area contributed by atoms with Crippen LogP contribution in [0.25, 0.3) is 11.1 Å². The fourth-order valence-corrected chi connectivity index (χ4v) is 3.51. The highest BCUT2D eigenvalue weighted by molar-refractivity contribution is 6.62. The van der Waals surface area contributed by atoms with Gasteiger partial charge in [0.1, 0.15) is 0 Å². The molecule has 1 saturated heterocycles. The van der Waals surface area contributed by atoms with Crippen molar-refractivity contribution in [3.05, 3.63) is 54.1 Å².